The van der Waals surface area contributed by atoms with Gasteiger partial charge in [0.2, 0.25) is 0 Å². The van der Waals surface area contributed by atoms with Gasteiger partial charge in [-0.05, 0) is 50.0 Å². The Kier molecular flexibility index (Phi) is 4.53. The molecular weight excluding hydrogens is 236 g/mol. The predicted octanol–water partition coefficient (Wildman–Crippen LogP) is 2.80. The summed E-state index contributed by atoms with van der Waals surface area (Å²) in [7, 11) is 0. The second kappa shape index (κ2) is 5.81. The van der Waals surface area contributed by atoms with E-state index in [9.17, 15) is 10.4 Å². The second-order valence-corrected chi connectivity index (χ2v) is 7.40. The molecule has 108 valence electrons. The monoisotopic (exact) mass is 264 g/mol. The number of aliphatic hydroxyl groups excluding tert-OH is 1. The van der Waals surface area contributed by atoms with Crippen LogP contribution in [0.15, 0.2) is 0 Å². The Balaban J connectivity index is 2.12. The van der Waals surface area contributed by atoms with Crippen molar-refractivity contribution in [3.05, 3.63) is 0 Å². The summed E-state index contributed by atoms with van der Waals surface area (Å²) < 4.78 is 0. The minimum Gasteiger partial charge on any atom is -0.395 e. The normalized spacial score (nSPS) is 37.2. The third kappa shape index (κ3) is 3.12. The highest BCUT2D eigenvalue weighted by molar-refractivity contribution is 5.01. The van der Waals surface area contributed by atoms with Crippen molar-refractivity contribution in [3.63, 3.8) is 0 Å². The molecule has 1 N–H and O–H groups in total. The first kappa shape index (κ1) is 14.8. The summed E-state index contributed by atoms with van der Waals surface area (Å²) in [6.45, 7) is 8.25. The first-order chi connectivity index (χ1) is 8.97. The Bertz CT molecular complexity index is 342. The lowest BCUT2D eigenvalue weighted by Gasteiger charge is -2.44. The highest BCUT2D eigenvalue weighted by Gasteiger charge is 2.41. The molecule has 4 unspecified atom stereocenters. The van der Waals surface area contributed by atoms with E-state index in [2.05, 4.69) is 31.7 Å². The number of hydrogen-bond acceptors (Lipinski definition) is 3. The quantitative estimate of drug-likeness (QED) is 0.834. The lowest BCUT2D eigenvalue weighted by Crippen LogP contribution is -2.49. The van der Waals surface area contributed by atoms with Gasteiger partial charge in [-0.2, -0.15) is 5.26 Å². The molecule has 2 rings (SSSR count). The molecule has 4 atom stereocenters. The summed E-state index contributed by atoms with van der Waals surface area (Å²) in [5.74, 6) is 0.854. The van der Waals surface area contributed by atoms with E-state index in [1.165, 1.54) is 12.8 Å². The van der Waals surface area contributed by atoms with Gasteiger partial charge in [-0.3, -0.25) is 4.90 Å². The van der Waals surface area contributed by atoms with Gasteiger partial charge in [0.05, 0.1) is 18.6 Å². The fourth-order valence-electron chi connectivity index (χ4n) is 3.94. The maximum absolute atomic E-state index is 9.53. The smallest absolute Gasteiger partial charge is 0.0672 e. The molecule has 0 aromatic carbocycles. The molecule has 1 aliphatic heterocycles. The van der Waals surface area contributed by atoms with Crippen LogP contribution in [0.5, 0.6) is 0 Å². The van der Waals surface area contributed by atoms with Crippen LogP contribution in [0.4, 0.5) is 0 Å². The molecular formula is C16H28N2O. The van der Waals surface area contributed by atoms with E-state index in [1.807, 2.05) is 0 Å². The first-order valence-electron chi connectivity index (χ1n) is 7.73. The van der Waals surface area contributed by atoms with Crippen LogP contribution in [0, 0.1) is 28.6 Å². The van der Waals surface area contributed by atoms with Crippen molar-refractivity contribution in [1.29, 1.82) is 5.26 Å². The fourth-order valence-corrected chi connectivity index (χ4v) is 3.94. The van der Waals surface area contributed by atoms with E-state index in [0.717, 1.165) is 25.8 Å². The molecule has 3 heteroatoms. The van der Waals surface area contributed by atoms with Crippen LogP contribution in [-0.2, 0) is 0 Å². The highest BCUT2D eigenvalue weighted by atomic mass is 16.3. The predicted molar refractivity (Wildman–Crippen MR) is 76.5 cm³/mol. The Morgan fingerprint density at radius 2 is 2.00 bits per heavy atom. The number of likely N-dealkylation sites (tertiary alicyclic amines) is 1. The second-order valence-electron chi connectivity index (χ2n) is 7.40. The van der Waals surface area contributed by atoms with E-state index >= 15 is 0 Å². The van der Waals surface area contributed by atoms with Crippen molar-refractivity contribution in [1.82, 2.24) is 4.90 Å². The Morgan fingerprint density at radius 3 is 2.58 bits per heavy atom. The van der Waals surface area contributed by atoms with Crippen molar-refractivity contribution >= 4 is 0 Å². The van der Waals surface area contributed by atoms with Crippen LogP contribution in [-0.4, -0.2) is 35.2 Å². The molecule has 1 saturated heterocycles. The molecule has 1 heterocycles. The van der Waals surface area contributed by atoms with Crippen LogP contribution in [0.2, 0.25) is 0 Å². The minimum atomic E-state index is 0.158. The molecule has 1 saturated carbocycles. The van der Waals surface area contributed by atoms with Gasteiger partial charge in [-0.25, -0.2) is 0 Å². The molecule has 1 aliphatic carbocycles. The van der Waals surface area contributed by atoms with Gasteiger partial charge in [-0.15, -0.1) is 0 Å². The summed E-state index contributed by atoms with van der Waals surface area (Å²) >= 11 is 0. The third-order valence-corrected chi connectivity index (χ3v) is 5.27. The van der Waals surface area contributed by atoms with Crippen LogP contribution in [0.1, 0.15) is 52.9 Å². The summed E-state index contributed by atoms with van der Waals surface area (Å²) in [6, 6.07) is 3.18. The van der Waals surface area contributed by atoms with Crippen LogP contribution in [0.25, 0.3) is 0 Å². The largest absolute Gasteiger partial charge is 0.395 e. The number of rotatable bonds is 2. The standard InChI is InChI=1S/C16H28N2O/c1-16(2,3)13-7-6-12(10-17)15(9-13)18-8-4-5-14(18)11-19/h12-15,19H,4-9,11H2,1-3H3. The van der Waals surface area contributed by atoms with Crippen molar-refractivity contribution in [2.24, 2.45) is 17.3 Å². The number of aliphatic hydroxyl groups is 1. The van der Waals surface area contributed by atoms with Crippen molar-refractivity contribution in [3.8, 4) is 6.07 Å². The Labute approximate surface area is 117 Å². The van der Waals surface area contributed by atoms with Crippen molar-refractivity contribution in [2.45, 2.75) is 65.0 Å². The zero-order valence-electron chi connectivity index (χ0n) is 12.6. The number of nitriles is 1. The van der Waals surface area contributed by atoms with E-state index in [4.69, 9.17) is 0 Å². The van der Waals surface area contributed by atoms with Gasteiger partial charge in [0.1, 0.15) is 0 Å². The van der Waals surface area contributed by atoms with Gasteiger partial charge in [0.15, 0.2) is 0 Å². The summed E-state index contributed by atoms with van der Waals surface area (Å²) in [5, 5.41) is 19.0. The highest BCUT2D eigenvalue weighted by Crippen LogP contribution is 2.42. The van der Waals surface area contributed by atoms with E-state index < -0.39 is 0 Å². The maximum atomic E-state index is 9.53. The van der Waals surface area contributed by atoms with Crippen molar-refractivity contribution < 1.29 is 5.11 Å². The number of hydrogen-bond donors (Lipinski definition) is 1. The van der Waals surface area contributed by atoms with Gasteiger partial charge < -0.3 is 5.11 Å². The van der Waals surface area contributed by atoms with Gasteiger partial charge in [0, 0.05) is 12.1 Å². The summed E-state index contributed by atoms with van der Waals surface area (Å²) in [6.07, 6.45) is 5.58. The molecule has 0 amide bonds. The van der Waals surface area contributed by atoms with Crippen LogP contribution < -0.4 is 0 Å². The average Bonchev–Trinajstić information content (AvgIpc) is 2.85. The molecule has 2 fully saturated rings. The van der Waals surface area contributed by atoms with Crippen LogP contribution >= 0.6 is 0 Å². The molecule has 0 radical (unpaired) electrons. The van der Waals surface area contributed by atoms with E-state index in [0.29, 0.717) is 23.4 Å². The average molecular weight is 264 g/mol. The first-order valence-corrected chi connectivity index (χ1v) is 7.73. The Morgan fingerprint density at radius 1 is 1.26 bits per heavy atom. The molecule has 0 spiro atoms. The Hall–Kier alpha value is -0.590. The molecule has 0 aromatic heterocycles. The zero-order valence-corrected chi connectivity index (χ0v) is 12.6. The lowest BCUT2D eigenvalue weighted by atomic mass is 9.67. The zero-order chi connectivity index (χ0) is 14.0. The molecule has 0 aromatic rings. The van der Waals surface area contributed by atoms with Gasteiger partial charge in [-0.1, -0.05) is 20.8 Å². The van der Waals surface area contributed by atoms with Crippen LogP contribution in [0.3, 0.4) is 0 Å². The van der Waals surface area contributed by atoms with E-state index in [-0.39, 0.29) is 12.5 Å². The lowest BCUT2D eigenvalue weighted by molar-refractivity contribution is 0.0369. The molecule has 3 nitrogen and oxygen atoms in total. The third-order valence-electron chi connectivity index (χ3n) is 5.27. The molecule has 0 bridgehead atoms. The van der Waals surface area contributed by atoms with Crippen molar-refractivity contribution in [2.75, 3.05) is 13.2 Å². The maximum Gasteiger partial charge on any atom is 0.0672 e. The molecule has 19 heavy (non-hydrogen) atoms. The molecule has 2 aliphatic rings. The summed E-state index contributed by atoms with van der Waals surface area (Å²) in [5.41, 5.74) is 0.326. The van der Waals surface area contributed by atoms with E-state index in [1.54, 1.807) is 0 Å². The SMILES string of the molecule is CC(C)(C)C1CCC(C#N)C(N2CCCC2CO)C1. The van der Waals surface area contributed by atoms with Gasteiger partial charge >= 0.3 is 0 Å². The minimum absolute atomic E-state index is 0.158. The fraction of sp³-hybridized carbons (Fsp3) is 0.938. The number of nitrogens with zero attached hydrogens (tertiary/aromatic N) is 2. The topological polar surface area (TPSA) is 47.3 Å². The summed E-state index contributed by atoms with van der Waals surface area (Å²) in [4.78, 5) is 2.44. The van der Waals surface area contributed by atoms with Gasteiger partial charge in [0.25, 0.3) is 0 Å².